The summed E-state index contributed by atoms with van der Waals surface area (Å²) in [5.41, 5.74) is 4.12. The molecule has 1 amide bonds. The van der Waals surface area contributed by atoms with Crippen LogP contribution in [0.25, 0.3) is 0 Å². The molecule has 4 aliphatic carbocycles. The molecular weight excluding hydrogens is 224 g/mol. The summed E-state index contributed by atoms with van der Waals surface area (Å²) in [6.45, 7) is 2.11. The van der Waals surface area contributed by atoms with Crippen molar-refractivity contribution < 1.29 is 4.79 Å². The van der Waals surface area contributed by atoms with E-state index in [-0.39, 0.29) is 5.91 Å². The van der Waals surface area contributed by atoms with Gasteiger partial charge in [-0.25, -0.2) is 5.43 Å². The minimum Gasteiger partial charge on any atom is -0.273 e. The summed E-state index contributed by atoms with van der Waals surface area (Å²) in [4.78, 5) is 11.6. The van der Waals surface area contributed by atoms with Crippen molar-refractivity contribution >= 4 is 11.6 Å². The lowest BCUT2D eigenvalue weighted by Gasteiger charge is -2.50. The highest BCUT2D eigenvalue weighted by molar-refractivity contribution is 5.91. The van der Waals surface area contributed by atoms with Gasteiger partial charge in [0.1, 0.15) is 0 Å². The fourth-order valence-corrected chi connectivity index (χ4v) is 4.37. The highest BCUT2D eigenvalue weighted by Gasteiger charge is 2.46. The third-order valence-electron chi connectivity index (χ3n) is 5.04. The summed E-state index contributed by atoms with van der Waals surface area (Å²) in [5, 5.41) is 4.49. The lowest BCUT2D eigenvalue weighted by molar-refractivity contribution is -0.121. The molecule has 0 atom stereocenters. The molecule has 0 saturated heterocycles. The van der Waals surface area contributed by atoms with Crippen molar-refractivity contribution in [1.29, 1.82) is 0 Å². The Labute approximate surface area is 109 Å². The Morgan fingerprint density at radius 3 is 2.33 bits per heavy atom. The van der Waals surface area contributed by atoms with E-state index in [9.17, 15) is 4.79 Å². The summed E-state index contributed by atoms with van der Waals surface area (Å²) >= 11 is 0. The van der Waals surface area contributed by atoms with Gasteiger partial charge in [-0.1, -0.05) is 13.3 Å². The highest BCUT2D eigenvalue weighted by Crippen LogP contribution is 2.52. The van der Waals surface area contributed by atoms with Crippen LogP contribution in [0, 0.1) is 23.7 Å². The topological polar surface area (TPSA) is 41.5 Å². The summed E-state index contributed by atoms with van der Waals surface area (Å²) in [5.74, 6) is 3.39. The number of carbonyl (C=O) groups excluding carboxylic acids is 1. The van der Waals surface area contributed by atoms with Crippen LogP contribution in [0.3, 0.4) is 0 Å². The van der Waals surface area contributed by atoms with Gasteiger partial charge in [-0.05, 0) is 62.2 Å². The van der Waals surface area contributed by atoms with Gasteiger partial charge < -0.3 is 0 Å². The zero-order chi connectivity index (χ0) is 12.5. The van der Waals surface area contributed by atoms with Crippen molar-refractivity contribution in [2.24, 2.45) is 28.8 Å². The molecule has 18 heavy (non-hydrogen) atoms. The van der Waals surface area contributed by atoms with E-state index in [0.717, 1.165) is 24.7 Å². The number of carbonyl (C=O) groups is 1. The molecule has 0 unspecified atom stereocenters. The van der Waals surface area contributed by atoms with Crippen LogP contribution in [0.5, 0.6) is 0 Å². The van der Waals surface area contributed by atoms with Gasteiger partial charge in [0.15, 0.2) is 0 Å². The molecule has 100 valence electrons. The van der Waals surface area contributed by atoms with Crippen LogP contribution in [0.15, 0.2) is 5.10 Å². The van der Waals surface area contributed by atoms with Crippen LogP contribution in [0.2, 0.25) is 0 Å². The Morgan fingerprint density at radius 1 is 1.17 bits per heavy atom. The molecule has 0 aromatic carbocycles. The van der Waals surface area contributed by atoms with Crippen molar-refractivity contribution in [3.05, 3.63) is 0 Å². The van der Waals surface area contributed by atoms with Crippen molar-refractivity contribution in [2.75, 3.05) is 0 Å². The molecule has 0 spiro atoms. The van der Waals surface area contributed by atoms with E-state index in [1.807, 2.05) is 0 Å². The van der Waals surface area contributed by atoms with Gasteiger partial charge in [0.05, 0.1) is 0 Å². The second kappa shape index (κ2) is 5.02. The second-order valence-corrected chi connectivity index (χ2v) is 6.48. The second-order valence-electron chi connectivity index (χ2n) is 6.48. The molecule has 4 rings (SSSR count). The van der Waals surface area contributed by atoms with Crippen LogP contribution >= 0.6 is 0 Å². The smallest absolute Gasteiger partial charge is 0.240 e. The lowest BCUT2D eigenvalue weighted by Crippen LogP contribution is -2.46. The average molecular weight is 248 g/mol. The van der Waals surface area contributed by atoms with Gasteiger partial charge in [0.2, 0.25) is 5.91 Å². The van der Waals surface area contributed by atoms with E-state index in [1.54, 1.807) is 0 Å². The molecule has 0 aromatic heterocycles. The first-order chi connectivity index (χ1) is 8.76. The van der Waals surface area contributed by atoms with Crippen molar-refractivity contribution in [2.45, 2.75) is 58.3 Å². The van der Waals surface area contributed by atoms with Crippen LogP contribution in [-0.4, -0.2) is 11.6 Å². The van der Waals surface area contributed by atoms with Gasteiger partial charge in [0.25, 0.3) is 0 Å². The van der Waals surface area contributed by atoms with Gasteiger partial charge >= 0.3 is 0 Å². The molecule has 0 aliphatic heterocycles. The lowest BCUT2D eigenvalue weighted by atomic mass is 9.55. The van der Waals surface area contributed by atoms with Gasteiger partial charge in [-0.15, -0.1) is 0 Å². The number of hydrogen-bond acceptors (Lipinski definition) is 2. The van der Waals surface area contributed by atoms with Gasteiger partial charge in [0, 0.05) is 12.1 Å². The summed E-state index contributed by atoms with van der Waals surface area (Å²) in [6, 6.07) is 0. The van der Waals surface area contributed by atoms with E-state index in [4.69, 9.17) is 0 Å². The van der Waals surface area contributed by atoms with E-state index in [0.29, 0.717) is 18.3 Å². The summed E-state index contributed by atoms with van der Waals surface area (Å²) in [6.07, 6.45) is 9.43. The van der Waals surface area contributed by atoms with Crippen molar-refractivity contribution in [3.63, 3.8) is 0 Å². The molecule has 4 bridgehead atoms. The molecule has 4 fully saturated rings. The monoisotopic (exact) mass is 248 g/mol. The molecular formula is C15H24N2O. The molecule has 0 radical (unpaired) electrons. The minimum absolute atomic E-state index is 0.0955. The van der Waals surface area contributed by atoms with Gasteiger partial charge in [-0.3, -0.25) is 4.79 Å². The van der Waals surface area contributed by atoms with Crippen LogP contribution in [-0.2, 0) is 4.79 Å². The first kappa shape index (κ1) is 12.2. The predicted octanol–water partition coefficient (Wildman–Crippen LogP) is 3.10. The number of hydrogen-bond donors (Lipinski definition) is 1. The van der Waals surface area contributed by atoms with Crippen LogP contribution in [0.4, 0.5) is 0 Å². The first-order valence-corrected chi connectivity index (χ1v) is 7.62. The highest BCUT2D eigenvalue weighted by atomic mass is 16.2. The van der Waals surface area contributed by atoms with E-state index < -0.39 is 0 Å². The Balaban J connectivity index is 1.60. The largest absolute Gasteiger partial charge is 0.273 e. The number of unbranched alkanes of at least 4 members (excludes halogenated alkanes) is 1. The molecule has 3 heteroatoms. The molecule has 4 saturated carbocycles. The van der Waals surface area contributed by atoms with E-state index >= 15 is 0 Å². The van der Waals surface area contributed by atoms with Crippen LogP contribution < -0.4 is 5.43 Å². The third-order valence-corrected chi connectivity index (χ3v) is 5.04. The minimum atomic E-state index is 0.0955. The average Bonchev–Trinajstić information content (AvgIpc) is 2.34. The quantitative estimate of drug-likeness (QED) is 0.763. The number of rotatable bonds is 4. The number of amides is 1. The Bertz CT molecular complexity index is 332. The molecule has 3 nitrogen and oxygen atoms in total. The number of nitrogens with one attached hydrogen (secondary N) is 1. The number of nitrogens with zero attached hydrogens (tertiary/aromatic N) is 1. The van der Waals surface area contributed by atoms with E-state index in [2.05, 4.69) is 17.5 Å². The Morgan fingerprint density at radius 2 is 1.78 bits per heavy atom. The fraction of sp³-hybridized carbons (Fsp3) is 0.867. The third kappa shape index (κ3) is 2.32. The first-order valence-electron chi connectivity index (χ1n) is 7.62. The zero-order valence-corrected chi connectivity index (χ0v) is 11.3. The Kier molecular flexibility index (Phi) is 3.40. The number of hydrazone groups is 1. The zero-order valence-electron chi connectivity index (χ0n) is 11.3. The maximum atomic E-state index is 11.6. The maximum absolute atomic E-state index is 11.6. The van der Waals surface area contributed by atoms with Crippen molar-refractivity contribution in [3.8, 4) is 0 Å². The van der Waals surface area contributed by atoms with E-state index in [1.165, 1.54) is 37.8 Å². The summed E-state index contributed by atoms with van der Waals surface area (Å²) < 4.78 is 0. The molecule has 0 aromatic rings. The maximum Gasteiger partial charge on any atom is 0.240 e. The predicted molar refractivity (Wildman–Crippen MR) is 72.1 cm³/mol. The summed E-state index contributed by atoms with van der Waals surface area (Å²) in [7, 11) is 0. The fourth-order valence-electron chi connectivity index (χ4n) is 4.37. The molecule has 4 aliphatic rings. The molecule has 0 heterocycles. The SMILES string of the molecule is CCCCC(=O)NN=C1C2CC3CC(C2)CC1C3. The van der Waals surface area contributed by atoms with Crippen LogP contribution in [0.1, 0.15) is 58.3 Å². The standard InChI is InChI=1S/C15H24N2O/c1-2-3-4-14(18)16-17-15-12-6-10-5-11(8-12)9-13(15)7-10/h10-13H,2-9H2,1H3,(H,16,18). The molecule has 1 N–H and O–H groups in total. The Hall–Kier alpha value is -0.860. The van der Waals surface area contributed by atoms with Crippen molar-refractivity contribution in [1.82, 2.24) is 5.43 Å². The van der Waals surface area contributed by atoms with Gasteiger partial charge in [-0.2, -0.15) is 5.10 Å². The normalized spacial score (nSPS) is 36.8.